The molecule has 1 heterocycles. The molecule has 0 amide bonds. The summed E-state index contributed by atoms with van der Waals surface area (Å²) < 4.78 is 0. The van der Waals surface area contributed by atoms with Gasteiger partial charge in [0.25, 0.3) is 0 Å². The Morgan fingerprint density at radius 2 is 1.96 bits per heavy atom. The summed E-state index contributed by atoms with van der Waals surface area (Å²) in [6, 6.07) is 4.00. The van der Waals surface area contributed by atoms with E-state index in [9.17, 15) is 5.11 Å². The molecule has 0 saturated carbocycles. The molecule has 2 atom stereocenters. The number of nitrogens with zero attached hydrogens (tertiary/aromatic N) is 2. The maximum absolute atomic E-state index is 10.2. The molecule has 0 aliphatic heterocycles. The Morgan fingerprint density at radius 1 is 1.26 bits per heavy atom. The normalized spacial score (nSPS) is 13.8. The molecule has 1 aromatic heterocycles. The van der Waals surface area contributed by atoms with E-state index in [0.717, 1.165) is 24.5 Å². The van der Waals surface area contributed by atoms with Crippen molar-refractivity contribution in [2.24, 2.45) is 4.99 Å². The van der Waals surface area contributed by atoms with Crippen LogP contribution in [-0.4, -0.2) is 35.2 Å². The molecule has 0 aliphatic carbocycles. The van der Waals surface area contributed by atoms with Crippen LogP contribution in [-0.2, 0) is 0 Å². The predicted molar refractivity (Wildman–Crippen MR) is 107 cm³/mol. The van der Waals surface area contributed by atoms with Crippen molar-refractivity contribution in [3.63, 3.8) is 0 Å². The van der Waals surface area contributed by atoms with Crippen molar-refractivity contribution in [2.75, 3.05) is 13.1 Å². The lowest BCUT2D eigenvalue weighted by atomic mass is 10.1. The van der Waals surface area contributed by atoms with Gasteiger partial charge in [0.1, 0.15) is 0 Å². The smallest absolute Gasteiger partial charge is 0.191 e. The van der Waals surface area contributed by atoms with E-state index in [-0.39, 0.29) is 24.0 Å². The number of halogens is 1. The third-order valence-corrected chi connectivity index (χ3v) is 3.48. The lowest BCUT2D eigenvalue weighted by molar-refractivity contribution is 0.187. The third-order valence-electron chi connectivity index (χ3n) is 3.48. The SMILES string of the molecule is CCCCCC(C)NC(=NCC(O)c1ccncc1)NCC.I. The van der Waals surface area contributed by atoms with Crippen LogP contribution in [0.1, 0.15) is 58.1 Å². The molecule has 2 unspecified atom stereocenters. The topological polar surface area (TPSA) is 69.5 Å². The molecule has 0 saturated heterocycles. The molecule has 1 rings (SSSR count). The van der Waals surface area contributed by atoms with E-state index >= 15 is 0 Å². The average Bonchev–Trinajstić information content (AvgIpc) is 2.53. The predicted octanol–water partition coefficient (Wildman–Crippen LogP) is 3.26. The summed E-state index contributed by atoms with van der Waals surface area (Å²) in [5.74, 6) is 0.764. The van der Waals surface area contributed by atoms with Crippen molar-refractivity contribution >= 4 is 29.9 Å². The molecule has 0 aliphatic rings. The molecule has 1 aromatic rings. The van der Waals surface area contributed by atoms with Gasteiger partial charge in [-0.3, -0.25) is 9.98 Å². The number of rotatable bonds is 9. The Bertz CT molecular complexity index is 428. The maximum Gasteiger partial charge on any atom is 0.191 e. The van der Waals surface area contributed by atoms with Crippen molar-refractivity contribution in [2.45, 2.75) is 58.6 Å². The highest BCUT2D eigenvalue weighted by Gasteiger charge is 2.08. The molecular weight excluding hydrogens is 403 g/mol. The number of guanidine groups is 1. The second-order valence-corrected chi connectivity index (χ2v) is 5.56. The molecule has 0 bridgehead atoms. The van der Waals surface area contributed by atoms with E-state index in [4.69, 9.17) is 0 Å². The molecule has 132 valence electrons. The Balaban J connectivity index is 0.00000484. The van der Waals surface area contributed by atoms with Gasteiger partial charge in [0.05, 0.1) is 12.6 Å². The summed E-state index contributed by atoms with van der Waals surface area (Å²) in [5.41, 5.74) is 0.839. The summed E-state index contributed by atoms with van der Waals surface area (Å²) in [5, 5.41) is 16.8. The highest BCUT2D eigenvalue weighted by atomic mass is 127. The fourth-order valence-electron chi connectivity index (χ4n) is 2.19. The van der Waals surface area contributed by atoms with Crippen LogP contribution in [0.4, 0.5) is 0 Å². The molecule has 6 heteroatoms. The third kappa shape index (κ3) is 9.76. The zero-order valence-electron chi connectivity index (χ0n) is 14.5. The maximum atomic E-state index is 10.2. The van der Waals surface area contributed by atoms with E-state index in [1.54, 1.807) is 12.4 Å². The van der Waals surface area contributed by atoms with Crippen LogP contribution < -0.4 is 10.6 Å². The Labute approximate surface area is 157 Å². The number of hydrogen-bond acceptors (Lipinski definition) is 3. The largest absolute Gasteiger partial charge is 0.386 e. The van der Waals surface area contributed by atoms with Crippen LogP contribution in [0.5, 0.6) is 0 Å². The van der Waals surface area contributed by atoms with E-state index < -0.39 is 6.10 Å². The lowest BCUT2D eigenvalue weighted by Crippen LogP contribution is -2.42. The number of unbranched alkanes of at least 4 members (excludes halogenated alkanes) is 2. The van der Waals surface area contributed by atoms with Crippen LogP contribution in [0.3, 0.4) is 0 Å². The highest BCUT2D eigenvalue weighted by Crippen LogP contribution is 2.11. The second kappa shape index (κ2) is 13.5. The minimum Gasteiger partial charge on any atom is -0.386 e. The van der Waals surface area contributed by atoms with Gasteiger partial charge < -0.3 is 15.7 Å². The van der Waals surface area contributed by atoms with Crippen molar-refractivity contribution in [3.05, 3.63) is 30.1 Å². The Morgan fingerprint density at radius 3 is 2.57 bits per heavy atom. The first kappa shape index (κ1) is 22.1. The molecule has 5 nitrogen and oxygen atoms in total. The van der Waals surface area contributed by atoms with Gasteiger partial charge >= 0.3 is 0 Å². The summed E-state index contributed by atoms with van der Waals surface area (Å²) >= 11 is 0. The van der Waals surface area contributed by atoms with Crippen LogP contribution in [0.15, 0.2) is 29.5 Å². The lowest BCUT2D eigenvalue weighted by Gasteiger charge is -2.18. The first-order valence-corrected chi connectivity index (χ1v) is 8.30. The molecular formula is C17H31IN4O. The van der Waals surface area contributed by atoms with Gasteiger partial charge in [-0.05, 0) is 38.0 Å². The van der Waals surface area contributed by atoms with Crippen molar-refractivity contribution in [1.29, 1.82) is 0 Å². The molecule has 23 heavy (non-hydrogen) atoms. The van der Waals surface area contributed by atoms with Crippen molar-refractivity contribution in [3.8, 4) is 0 Å². The summed E-state index contributed by atoms with van der Waals surface area (Å²) in [7, 11) is 0. The van der Waals surface area contributed by atoms with Gasteiger partial charge in [-0.2, -0.15) is 0 Å². The highest BCUT2D eigenvalue weighted by molar-refractivity contribution is 14.0. The molecule has 3 N–H and O–H groups in total. The summed E-state index contributed by atoms with van der Waals surface area (Å²) in [6.45, 7) is 7.56. The number of nitrogens with one attached hydrogen (secondary N) is 2. The number of pyridine rings is 1. The summed E-state index contributed by atoms with van der Waals surface area (Å²) in [6.07, 6.45) is 7.62. The van der Waals surface area contributed by atoms with E-state index in [2.05, 4.69) is 34.5 Å². The quantitative estimate of drug-likeness (QED) is 0.242. The second-order valence-electron chi connectivity index (χ2n) is 5.56. The zero-order chi connectivity index (χ0) is 16.2. The van der Waals surface area contributed by atoms with Gasteiger partial charge in [-0.1, -0.05) is 26.2 Å². The van der Waals surface area contributed by atoms with Gasteiger partial charge in [0.2, 0.25) is 0 Å². The van der Waals surface area contributed by atoms with E-state index in [1.807, 2.05) is 19.1 Å². The number of aromatic nitrogens is 1. The average molecular weight is 434 g/mol. The van der Waals surface area contributed by atoms with Crippen LogP contribution in [0.2, 0.25) is 0 Å². The molecule has 0 aromatic carbocycles. The van der Waals surface area contributed by atoms with Crippen LogP contribution in [0, 0.1) is 0 Å². The Kier molecular flexibility index (Phi) is 13.0. The van der Waals surface area contributed by atoms with Crippen molar-refractivity contribution < 1.29 is 5.11 Å². The molecule has 0 radical (unpaired) electrons. The minimum absolute atomic E-state index is 0. The van der Waals surface area contributed by atoms with E-state index in [0.29, 0.717) is 12.6 Å². The summed E-state index contributed by atoms with van der Waals surface area (Å²) in [4.78, 5) is 8.44. The fourth-order valence-corrected chi connectivity index (χ4v) is 2.19. The monoisotopic (exact) mass is 434 g/mol. The fraction of sp³-hybridized carbons (Fsp3) is 0.647. The Hall–Kier alpha value is -0.890. The van der Waals surface area contributed by atoms with Crippen LogP contribution in [0.25, 0.3) is 0 Å². The van der Waals surface area contributed by atoms with Gasteiger partial charge in [0, 0.05) is 25.0 Å². The number of aliphatic hydroxyl groups excluding tert-OH is 1. The molecule has 0 fully saturated rings. The standard InChI is InChI=1S/C17H30N4O.HI/c1-4-6-7-8-14(3)21-17(19-5-2)20-13-16(22)15-9-11-18-12-10-15;/h9-12,14,16,22H,4-8,13H2,1-3H3,(H2,19,20,21);1H. The number of aliphatic imine (C=N–C) groups is 1. The molecule has 0 spiro atoms. The number of hydrogen-bond donors (Lipinski definition) is 3. The zero-order valence-corrected chi connectivity index (χ0v) is 16.8. The van der Waals surface area contributed by atoms with Gasteiger partial charge in [-0.25, -0.2) is 0 Å². The minimum atomic E-state index is -0.603. The number of aliphatic hydroxyl groups is 1. The van der Waals surface area contributed by atoms with Crippen LogP contribution >= 0.6 is 24.0 Å². The van der Waals surface area contributed by atoms with Gasteiger partial charge in [0.15, 0.2) is 5.96 Å². The first-order valence-electron chi connectivity index (χ1n) is 8.30. The van der Waals surface area contributed by atoms with E-state index in [1.165, 1.54) is 19.3 Å². The first-order chi connectivity index (χ1) is 10.7. The van der Waals surface area contributed by atoms with Gasteiger partial charge in [-0.15, -0.1) is 24.0 Å². The van der Waals surface area contributed by atoms with Crippen molar-refractivity contribution in [1.82, 2.24) is 15.6 Å².